The van der Waals surface area contributed by atoms with Crippen LogP contribution in [0.1, 0.15) is 120 Å². The summed E-state index contributed by atoms with van der Waals surface area (Å²) < 4.78 is 11.5. The van der Waals surface area contributed by atoms with E-state index < -0.39 is 0 Å². The molecule has 0 radical (unpaired) electrons. The summed E-state index contributed by atoms with van der Waals surface area (Å²) >= 11 is 0. The molecule has 3 saturated carbocycles. The highest BCUT2D eigenvalue weighted by Crippen LogP contribution is 2.74. The largest absolute Gasteiger partial charge is 0.465 e. The van der Waals surface area contributed by atoms with Gasteiger partial charge in [0, 0.05) is 24.7 Å². The first-order valence-corrected chi connectivity index (χ1v) is 15.2. The van der Waals surface area contributed by atoms with Gasteiger partial charge in [-0.25, -0.2) is 0 Å². The van der Waals surface area contributed by atoms with E-state index in [0.717, 1.165) is 38.5 Å². The van der Waals surface area contributed by atoms with Crippen LogP contribution < -0.4 is 0 Å². The predicted molar refractivity (Wildman–Crippen MR) is 151 cm³/mol. The minimum atomic E-state index is -0.161. The van der Waals surface area contributed by atoms with E-state index in [4.69, 9.17) is 9.47 Å². The van der Waals surface area contributed by atoms with Gasteiger partial charge in [-0.05, 0) is 102 Å². The Kier molecular flexibility index (Phi) is 6.41. The van der Waals surface area contributed by atoms with Crippen molar-refractivity contribution in [3.8, 4) is 0 Å². The molecule has 0 saturated heterocycles. The molecule has 0 heterocycles. The van der Waals surface area contributed by atoms with Crippen LogP contribution in [0.3, 0.4) is 0 Å². The van der Waals surface area contributed by atoms with Gasteiger partial charge in [0.2, 0.25) is 0 Å². The van der Waals surface area contributed by atoms with E-state index in [1.807, 2.05) is 0 Å². The summed E-state index contributed by atoms with van der Waals surface area (Å²) in [5.74, 6) is 0.748. The molecular weight excluding hydrogens is 472 g/mol. The monoisotopic (exact) mass is 524 g/mol. The number of carbonyl (C=O) groups is 2. The van der Waals surface area contributed by atoms with Crippen LogP contribution >= 0.6 is 0 Å². The van der Waals surface area contributed by atoms with Gasteiger partial charge >= 0.3 is 11.9 Å². The smallest absolute Gasteiger partial charge is 0.302 e. The molecule has 5 aliphatic rings. The van der Waals surface area contributed by atoms with Gasteiger partial charge in [-0.1, -0.05) is 60.6 Å². The molecule has 8 atom stereocenters. The van der Waals surface area contributed by atoms with Gasteiger partial charge in [-0.15, -0.1) is 0 Å². The molecule has 0 bridgehead atoms. The molecule has 5 aliphatic carbocycles. The van der Waals surface area contributed by atoms with Crippen molar-refractivity contribution in [3.05, 3.63) is 23.3 Å². The van der Waals surface area contributed by atoms with E-state index in [1.54, 1.807) is 18.1 Å². The zero-order valence-electron chi connectivity index (χ0n) is 25.6. The predicted octanol–water partition coefficient (Wildman–Crippen LogP) is 8.20. The van der Waals surface area contributed by atoms with Crippen LogP contribution in [0.5, 0.6) is 0 Å². The fourth-order valence-electron chi connectivity index (χ4n) is 10.5. The van der Waals surface area contributed by atoms with Gasteiger partial charge < -0.3 is 9.47 Å². The van der Waals surface area contributed by atoms with Crippen LogP contribution in [-0.2, 0) is 19.1 Å². The molecule has 5 rings (SSSR count). The van der Waals surface area contributed by atoms with Crippen LogP contribution in [0.4, 0.5) is 0 Å². The van der Waals surface area contributed by atoms with Crippen LogP contribution in [0.2, 0.25) is 0 Å². The lowest BCUT2D eigenvalue weighted by Gasteiger charge is -2.69. The maximum Gasteiger partial charge on any atom is 0.302 e. The first-order valence-electron chi connectivity index (χ1n) is 15.2. The zero-order chi connectivity index (χ0) is 27.9. The lowest BCUT2D eigenvalue weighted by Crippen LogP contribution is -2.61. The summed E-state index contributed by atoms with van der Waals surface area (Å²) in [4.78, 5) is 23.6. The molecular formula is C34H52O4. The number of carbonyl (C=O) groups excluding carboxylic acids is 2. The number of hydrogen-bond acceptors (Lipinski definition) is 4. The fourth-order valence-corrected chi connectivity index (χ4v) is 10.5. The first kappa shape index (κ1) is 28.0. The topological polar surface area (TPSA) is 52.6 Å². The molecule has 212 valence electrons. The molecule has 0 spiro atoms. The molecule has 0 aromatic heterocycles. The van der Waals surface area contributed by atoms with E-state index in [0.29, 0.717) is 23.9 Å². The highest BCUT2D eigenvalue weighted by molar-refractivity contribution is 5.66. The molecule has 0 aromatic carbocycles. The minimum Gasteiger partial charge on any atom is -0.465 e. The number of rotatable bonds is 3. The van der Waals surface area contributed by atoms with Gasteiger partial charge in [-0.3, -0.25) is 9.59 Å². The summed E-state index contributed by atoms with van der Waals surface area (Å²) in [7, 11) is 0. The highest BCUT2D eigenvalue weighted by atomic mass is 16.5. The molecule has 0 N–H and O–H groups in total. The Balaban J connectivity index is 1.51. The Morgan fingerprint density at radius 1 is 0.842 bits per heavy atom. The third-order valence-corrected chi connectivity index (χ3v) is 13.2. The molecule has 0 aliphatic heterocycles. The van der Waals surface area contributed by atoms with Gasteiger partial charge in [-0.2, -0.15) is 0 Å². The Morgan fingerprint density at radius 2 is 1.53 bits per heavy atom. The van der Waals surface area contributed by atoms with E-state index in [-0.39, 0.29) is 45.1 Å². The molecule has 0 aromatic rings. The lowest BCUT2D eigenvalue weighted by atomic mass is 9.36. The number of ether oxygens (including phenoxy) is 2. The summed E-state index contributed by atoms with van der Waals surface area (Å²) in [6.45, 7) is 20.9. The van der Waals surface area contributed by atoms with Gasteiger partial charge in [0.25, 0.3) is 0 Å². The average molecular weight is 525 g/mol. The van der Waals surface area contributed by atoms with Crippen LogP contribution in [0.25, 0.3) is 0 Å². The minimum absolute atomic E-state index is 0.00871. The van der Waals surface area contributed by atoms with E-state index >= 15 is 0 Å². The summed E-state index contributed by atoms with van der Waals surface area (Å²) in [6.07, 6.45) is 15.5. The lowest BCUT2D eigenvalue weighted by molar-refractivity contribution is -0.169. The number of allylic oxidation sites excluding steroid dienone is 4. The van der Waals surface area contributed by atoms with Crippen LogP contribution in [-0.4, -0.2) is 24.6 Å². The highest BCUT2D eigenvalue weighted by Gasteiger charge is 2.66. The Hall–Kier alpha value is -1.58. The van der Waals surface area contributed by atoms with E-state index in [1.165, 1.54) is 26.2 Å². The van der Waals surface area contributed by atoms with Crippen molar-refractivity contribution in [2.24, 2.45) is 44.3 Å². The van der Waals surface area contributed by atoms with Crippen LogP contribution in [0, 0.1) is 44.3 Å². The van der Waals surface area contributed by atoms with Crippen molar-refractivity contribution in [2.75, 3.05) is 6.61 Å². The molecule has 38 heavy (non-hydrogen) atoms. The third kappa shape index (κ3) is 3.89. The standard InChI is InChI=1S/C34H52O4/c1-22(35)37-21-30(5)16-17-31(6)18-19-33(8)25-10-11-26-29(3,4)28(38-23(2)36)13-14-32(26,7)24(25)12-15-34(33,9)27(31)20-30/h10,12,26-28H,11,13-21H2,1-9H3. The van der Waals surface area contributed by atoms with Crippen molar-refractivity contribution >= 4 is 11.9 Å². The fraction of sp³-hybridized carbons (Fsp3) is 0.824. The van der Waals surface area contributed by atoms with Crippen molar-refractivity contribution in [1.82, 2.24) is 0 Å². The van der Waals surface area contributed by atoms with Gasteiger partial charge in [0.15, 0.2) is 0 Å². The Bertz CT molecular complexity index is 1080. The Morgan fingerprint density at radius 3 is 2.18 bits per heavy atom. The summed E-state index contributed by atoms with van der Waals surface area (Å²) in [5, 5.41) is 0. The molecule has 8 unspecified atom stereocenters. The van der Waals surface area contributed by atoms with Crippen molar-refractivity contribution in [1.29, 1.82) is 0 Å². The van der Waals surface area contributed by atoms with E-state index in [9.17, 15) is 9.59 Å². The van der Waals surface area contributed by atoms with Crippen molar-refractivity contribution in [2.45, 2.75) is 126 Å². The number of fused-ring (bicyclic) bond motifs is 7. The normalized spacial score (nSPS) is 47.2. The average Bonchev–Trinajstić information content (AvgIpc) is 2.82. The van der Waals surface area contributed by atoms with Gasteiger partial charge in [0.05, 0.1) is 6.61 Å². The molecule has 3 fully saturated rings. The van der Waals surface area contributed by atoms with Crippen molar-refractivity contribution < 1.29 is 19.1 Å². The van der Waals surface area contributed by atoms with Crippen LogP contribution in [0.15, 0.2) is 23.3 Å². The van der Waals surface area contributed by atoms with Crippen molar-refractivity contribution in [3.63, 3.8) is 0 Å². The quantitative estimate of drug-likeness (QED) is 0.349. The zero-order valence-corrected chi connectivity index (χ0v) is 25.6. The molecule has 4 nitrogen and oxygen atoms in total. The number of hydrogen-bond donors (Lipinski definition) is 0. The third-order valence-electron chi connectivity index (χ3n) is 13.2. The second kappa shape index (κ2) is 8.71. The second-order valence-corrected chi connectivity index (χ2v) is 15.9. The summed E-state index contributed by atoms with van der Waals surface area (Å²) in [6, 6.07) is 0. The molecule has 0 amide bonds. The van der Waals surface area contributed by atoms with E-state index in [2.05, 4.69) is 60.6 Å². The molecule has 4 heteroatoms. The maximum atomic E-state index is 11.9. The summed E-state index contributed by atoms with van der Waals surface area (Å²) in [5.41, 5.74) is 4.01. The first-order chi connectivity index (χ1) is 17.5. The number of esters is 2. The Labute approximate surface area is 231 Å². The van der Waals surface area contributed by atoms with Gasteiger partial charge in [0.1, 0.15) is 6.10 Å². The second-order valence-electron chi connectivity index (χ2n) is 15.9. The maximum absolute atomic E-state index is 11.9. The SMILES string of the molecule is CC(=O)OCC1(C)CCC2(C)CCC3(C)C4=CCC5C(C)(CCC(OC(C)=O)C5(C)C)C4=CCC3(C)C2C1.